The van der Waals surface area contributed by atoms with E-state index in [-0.39, 0.29) is 11.9 Å². The highest BCUT2D eigenvalue weighted by Gasteiger charge is 2.32. The molecule has 4 heterocycles. The average Bonchev–Trinajstić information content (AvgIpc) is 3.57. The monoisotopic (exact) mass is 510 g/mol. The fourth-order valence-electron chi connectivity index (χ4n) is 4.43. The smallest absolute Gasteiger partial charge is 0.351 e. The van der Waals surface area contributed by atoms with Gasteiger partial charge in [0.15, 0.2) is 0 Å². The molecule has 192 valence electrons. The number of hydrogen-bond donors (Lipinski definition) is 2. The Kier molecular flexibility index (Phi) is 6.66. The Bertz CT molecular complexity index is 1330. The lowest BCUT2D eigenvalue weighted by molar-refractivity contribution is -0.137. The number of anilines is 2. The molecular weight excluding hydrogens is 485 g/mol. The molecule has 4 aromatic rings. The minimum atomic E-state index is -4.41. The summed E-state index contributed by atoms with van der Waals surface area (Å²) in [7, 11) is 0. The number of H-pyrrole nitrogens is 1. The van der Waals surface area contributed by atoms with Crippen molar-refractivity contribution in [3.63, 3.8) is 0 Å². The predicted octanol–water partition coefficient (Wildman–Crippen LogP) is 3.97. The van der Waals surface area contributed by atoms with Crippen molar-refractivity contribution in [3.05, 3.63) is 84.3 Å². The summed E-state index contributed by atoms with van der Waals surface area (Å²) in [6.45, 7) is 4.43. The molecule has 1 fully saturated rings. The summed E-state index contributed by atoms with van der Waals surface area (Å²) in [6, 6.07) is 9.91. The number of halogens is 3. The van der Waals surface area contributed by atoms with Gasteiger partial charge in [-0.2, -0.15) is 18.3 Å². The van der Waals surface area contributed by atoms with E-state index in [1.807, 2.05) is 46.9 Å². The van der Waals surface area contributed by atoms with Crippen molar-refractivity contribution in [2.24, 2.45) is 0 Å². The Balaban J connectivity index is 1.19. The fourth-order valence-corrected chi connectivity index (χ4v) is 4.43. The average molecular weight is 511 g/mol. The van der Waals surface area contributed by atoms with Crippen LogP contribution < -0.4 is 10.2 Å². The first-order valence-electron chi connectivity index (χ1n) is 11.7. The second-order valence-corrected chi connectivity index (χ2v) is 8.92. The van der Waals surface area contributed by atoms with E-state index in [1.54, 1.807) is 18.7 Å². The minimum Gasteiger partial charge on any atom is -0.351 e. The third-order valence-corrected chi connectivity index (χ3v) is 6.35. The SMILES string of the molecule is C[C@@H]1CN(Cc2cn[nH]c2C(=O)Nc2ccc(-n3ccnc3)cc2)CCN1c1ccc(C(F)(F)F)cn1. The molecule has 0 bridgehead atoms. The van der Waals surface area contributed by atoms with Gasteiger partial charge in [-0.05, 0) is 43.3 Å². The number of aromatic amines is 1. The van der Waals surface area contributed by atoms with E-state index in [9.17, 15) is 18.0 Å². The molecule has 2 N–H and O–H groups in total. The van der Waals surface area contributed by atoms with Gasteiger partial charge in [0.05, 0.1) is 18.1 Å². The molecule has 0 unspecified atom stereocenters. The molecule has 0 radical (unpaired) electrons. The Labute approximate surface area is 210 Å². The molecule has 0 aliphatic carbocycles. The van der Waals surface area contributed by atoms with Gasteiger partial charge in [0.25, 0.3) is 5.91 Å². The summed E-state index contributed by atoms with van der Waals surface area (Å²) in [4.78, 5) is 25.2. The molecule has 1 aliphatic heterocycles. The summed E-state index contributed by atoms with van der Waals surface area (Å²) < 4.78 is 40.4. The number of aromatic nitrogens is 5. The van der Waals surface area contributed by atoms with Crippen LogP contribution >= 0.6 is 0 Å². The van der Waals surface area contributed by atoms with E-state index in [2.05, 4.69) is 30.4 Å². The van der Waals surface area contributed by atoms with Gasteiger partial charge in [-0.3, -0.25) is 14.8 Å². The van der Waals surface area contributed by atoms with Crippen LogP contribution in [-0.2, 0) is 12.7 Å². The molecule has 1 saturated heterocycles. The van der Waals surface area contributed by atoms with Crippen LogP contribution in [-0.4, -0.2) is 61.2 Å². The van der Waals surface area contributed by atoms with Crippen LogP contribution in [0, 0.1) is 0 Å². The maximum atomic E-state index is 12.9. The van der Waals surface area contributed by atoms with Crippen molar-refractivity contribution >= 4 is 17.4 Å². The van der Waals surface area contributed by atoms with Gasteiger partial charge in [-0.15, -0.1) is 0 Å². The van der Waals surface area contributed by atoms with E-state index < -0.39 is 11.7 Å². The number of carbonyl (C=O) groups is 1. The van der Waals surface area contributed by atoms with Gasteiger partial charge in [0.2, 0.25) is 0 Å². The molecule has 1 amide bonds. The highest BCUT2D eigenvalue weighted by Crippen LogP contribution is 2.30. The Morgan fingerprint density at radius 2 is 1.95 bits per heavy atom. The zero-order valence-corrected chi connectivity index (χ0v) is 20.0. The highest BCUT2D eigenvalue weighted by molar-refractivity contribution is 6.03. The van der Waals surface area contributed by atoms with Crippen molar-refractivity contribution in [2.75, 3.05) is 29.9 Å². The predicted molar refractivity (Wildman–Crippen MR) is 131 cm³/mol. The third-order valence-electron chi connectivity index (χ3n) is 6.35. The number of rotatable bonds is 6. The van der Waals surface area contributed by atoms with Crippen molar-refractivity contribution in [3.8, 4) is 5.69 Å². The molecule has 5 rings (SSSR count). The largest absolute Gasteiger partial charge is 0.417 e. The molecule has 37 heavy (non-hydrogen) atoms. The summed E-state index contributed by atoms with van der Waals surface area (Å²) >= 11 is 0. The number of nitrogens with one attached hydrogen (secondary N) is 2. The molecular formula is C25H25F3N8O. The minimum absolute atomic E-state index is 0.0242. The first kappa shape index (κ1) is 24.5. The second kappa shape index (κ2) is 10.1. The molecule has 12 heteroatoms. The highest BCUT2D eigenvalue weighted by atomic mass is 19.4. The number of pyridine rings is 1. The number of amides is 1. The number of carbonyl (C=O) groups excluding carboxylic acids is 1. The lowest BCUT2D eigenvalue weighted by Gasteiger charge is -2.40. The van der Waals surface area contributed by atoms with Gasteiger partial charge in [-0.25, -0.2) is 9.97 Å². The fraction of sp³-hybridized carbons (Fsp3) is 0.280. The van der Waals surface area contributed by atoms with Crippen LogP contribution in [0.5, 0.6) is 0 Å². The normalized spacial score (nSPS) is 16.6. The molecule has 1 atom stereocenters. The maximum absolute atomic E-state index is 12.9. The van der Waals surface area contributed by atoms with Gasteiger partial charge in [0, 0.05) is 67.7 Å². The van der Waals surface area contributed by atoms with Gasteiger partial charge in [0.1, 0.15) is 11.5 Å². The van der Waals surface area contributed by atoms with Crippen molar-refractivity contribution in [1.82, 2.24) is 29.6 Å². The zero-order chi connectivity index (χ0) is 26.0. The lowest BCUT2D eigenvalue weighted by Crippen LogP contribution is -2.52. The number of piperazine rings is 1. The van der Waals surface area contributed by atoms with Crippen LogP contribution in [0.25, 0.3) is 5.69 Å². The Hall–Kier alpha value is -4.19. The summed E-state index contributed by atoms with van der Waals surface area (Å²) in [6.07, 6.45) is 3.34. The lowest BCUT2D eigenvalue weighted by atomic mass is 10.1. The van der Waals surface area contributed by atoms with E-state index >= 15 is 0 Å². The number of nitrogens with zero attached hydrogens (tertiary/aromatic N) is 6. The van der Waals surface area contributed by atoms with Gasteiger partial charge >= 0.3 is 6.18 Å². The maximum Gasteiger partial charge on any atom is 0.417 e. The van der Waals surface area contributed by atoms with Crippen LogP contribution in [0.2, 0.25) is 0 Å². The van der Waals surface area contributed by atoms with E-state index in [0.717, 1.165) is 23.5 Å². The zero-order valence-electron chi connectivity index (χ0n) is 20.0. The molecule has 0 saturated carbocycles. The van der Waals surface area contributed by atoms with Crippen LogP contribution in [0.3, 0.4) is 0 Å². The first-order valence-corrected chi connectivity index (χ1v) is 11.7. The molecule has 3 aromatic heterocycles. The second-order valence-electron chi connectivity index (χ2n) is 8.92. The van der Waals surface area contributed by atoms with Crippen molar-refractivity contribution in [1.29, 1.82) is 0 Å². The van der Waals surface area contributed by atoms with Crippen LogP contribution in [0.15, 0.2) is 67.5 Å². The summed E-state index contributed by atoms with van der Waals surface area (Å²) in [5, 5.41) is 9.77. The Morgan fingerprint density at radius 1 is 1.14 bits per heavy atom. The standard InChI is InChI=1S/C25H25F3N8O/c1-17-14-34(10-11-36(17)22-7-2-19(13-30-22)25(26,27)28)15-18-12-31-33-23(18)24(37)32-20-3-5-21(6-4-20)35-9-8-29-16-35/h2-9,12-13,16-17H,10-11,14-15H2,1H3,(H,31,33)(H,32,37)/t17-/m1/s1. The van der Waals surface area contributed by atoms with Crippen molar-refractivity contribution in [2.45, 2.75) is 25.7 Å². The molecule has 1 aromatic carbocycles. The third kappa shape index (κ3) is 5.48. The first-order chi connectivity index (χ1) is 17.8. The van der Waals surface area contributed by atoms with E-state index in [0.29, 0.717) is 43.4 Å². The summed E-state index contributed by atoms with van der Waals surface area (Å²) in [5.74, 6) is 0.228. The van der Waals surface area contributed by atoms with E-state index in [1.165, 1.54) is 6.07 Å². The number of hydrogen-bond acceptors (Lipinski definition) is 6. The topological polar surface area (TPSA) is 95.0 Å². The number of alkyl halides is 3. The number of imidazole rings is 1. The van der Waals surface area contributed by atoms with Crippen LogP contribution in [0.4, 0.5) is 24.7 Å². The quantitative estimate of drug-likeness (QED) is 0.408. The molecule has 9 nitrogen and oxygen atoms in total. The molecule has 1 aliphatic rings. The van der Waals surface area contributed by atoms with Gasteiger partial charge < -0.3 is 14.8 Å². The summed E-state index contributed by atoms with van der Waals surface area (Å²) in [5.41, 5.74) is 1.97. The van der Waals surface area contributed by atoms with Gasteiger partial charge in [-0.1, -0.05) is 0 Å². The van der Waals surface area contributed by atoms with Crippen LogP contribution in [0.1, 0.15) is 28.5 Å². The van der Waals surface area contributed by atoms with E-state index in [4.69, 9.17) is 0 Å². The number of benzene rings is 1. The Morgan fingerprint density at radius 3 is 2.59 bits per heavy atom. The van der Waals surface area contributed by atoms with Crippen molar-refractivity contribution < 1.29 is 18.0 Å². The molecule has 0 spiro atoms.